The average Bonchev–Trinajstić information content (AvgIpc) is 3.41. The molecular weight excluding hydrogens is 316 g/mol. The van der Waals surface area contributed by atoms with E-state index in [0.717, 1.165) is 18.4 Å². The van der Waals surface area contributed by atoms with Crippen LogP contribution in [-0.2, 0) is 19.2 Å². The van der Waals surface area contributed by atoms with E-state index in [-0.39, 0.29) is 6.04 Å². The zero-order chi connectivity index (χ0) is 17.4. The highest BCUT2D eigenvalue weighted by atomic mass is 16.6. The van der Waals surface area contributed by atoms with Crippen molar-refractivity contribution in [1.29, 1.82) is 0 Å². The molecule has 0 saturated heterocycles. The first-order chi connectivity index (χ1) is 11.6. The molecule has 128 valence electrons. The highest BCUT2D eigenvalue weighted by Crippen LogP contribution is 2.18. The number of rotatable bonds is 6. The van der Waals surface area contributed by atoms with Gasteiger partial charge in [-0.1, -0.05) is 5.16 Å². The van der Waals surface area contributed by atoms with E-state index in [9.17, 15) is 14.4 Å². The van der Waals surface area contributed by atoms with Crippen LogP contribution in [0.2, 0.25) is 0 Å². The SMILES string of the molecule is COc1ccc(/C=N\OCC(=O)NNC(=O)C(=O)NC2CC2)cc1. The number of amides is 3. The molecular formula is C15H18N4O5. The molecule has 0 heterocycles. The Kier molecular flexibility index (Phi) is 6.12. The second-order valence-electron chi connectivity index (χ2n) is 5.03. The molecule has 3 amide bonds. The Morgan fingerprint density at radius 1 is 1.17 bits per heavy atom. The summed E-state index contributed by atoms with van der Waals surface area (Å²) in [6.07, 6.45) is 3.16. The number of nitrogens with one attached hydrogen (secondary N) is 3. The van der Waals surface area contributed by atoms with Crippen LogP contribution in [0, 0.1) is 0 Å². The third-order valence-corrected chi connectivity index (χ3v) is 3.02. The van der Waals surface area contributed by atoms with Crippen molar-refractivity contribution in [2.75, 3.05) is 13.7 Å². The van der Waals surface area contributed by atoms with Crippen molar-refractivity contribution in [1.82, 2.24) is 16.2 Å². The first-order valence-electron chi connectivity index (χ1n) is 7.27. The lowest BCUT2D eigenvalue weighted by atomic mass is 10.2. The van der Waals surface area contributed by atoms with Gasteiger partial charge < -0.3 is 14.9 Å². The molecule has 24 heavy (non-hydrogen) atoms. The van der Waals surface area contributed by atoms with Gasteiger partial charge in [0.1, 0.15) is 5.75 Å². The summed E-state index contributed by atoms with van der Waals surface area (Å²) in [6, 6.07) is 7.12. The summed E-state index contributed by atoms with van der Waals surface area (Å²) in [7, 11) is 1.57. The predicted molar refractivity (Wildman–Crippen MR) is 84.0 cm³/mol. The zero-order valence-electron chi connectivity index (χ0n) is 13.1. The van der Waals surface area contributed by atoms with Gasteiger partial charge in [-0.3, -0.25) is 25.2 Å². The number of ether oxygens (including phenoxy) is 1. The van der Waals surface area contributed by atoms with Crippen molar-refractivity contribution in [3.63, 3.8) is 0 Å². The Morgan fingerprint density at radius 2 is 1.88 bits per heavy atom. The Bertz CT molecular complexity index is 625. The van der Waals surface area contributed by atoms with Gasteiger partial charge in [-0.25, -0.2) is 0 Å². The van der Waals surface area contributed by atoms with E-state index < -0.39 is 24.3 Å². The lowest BCUT2D eigenvalue weighted by Gasteiger charge is -2.06. The number of carbonyl (C=O) groups excluding carboxylic acids is 3. The standard InChI is InChI=1S/C15H18N4O5/c1-23-12-6-2-10(3-7-12)8-16-24-9-13(20)18-19-15(22)14(21)17-11-4-5-11/h2-3,6-8,11H,4-5,9H2,1H3,(H,17,21)(H,18,20)(H,19,22)/b16-8-. The second kappa shape index (κ2) is 8.51. The molecule has 1 aliphatic carbocycles. The summed E-state index contributed by atoms with van der Waals surface area (Å²) in [6.45, 7) is -0.406. The largest absolute Gasteiger partial charge is 0.497 e. The third-order valence-electron chi connectivity index (χ3n) is 3.02. The van der Waals surface area contributed by atoms with Crippen molar-refractivity contribution >= 4 is 23.9 Å². The number of hydrazine groups is 1. The first kappa shape index (κ1) is 17.3. The molecule has 0 unspecified atom stereocenters. The molecule has 0 radical (unpaired) electrons. The van der Waals surface area contributed by atoms with Gasteiger partial charge in [0, 0.05) is 6.04 Å². The van der Waals surface area contributed by atoms with Crippen LogP contribution in [0.15, 0.2) is 29.4 Å². The van der Waals surface area contributed by atoms with Gasteiger partial charge in [-0.05, 0) is 42.7 Å². The van der Waals surface area contributed by atoms with Gasteiger partial charge in [-0.2, -0.15) is 0 Å². The molecule has 1 fully saturated rings. The van der Waals surface area contributed by atoms with E-state index in [1.807, 2.05) is 5.43 Å². The molecule has 0 atom stereocenters. The normalized spacial score (nSPS) is 13.2. The minimum Gasteiger partial charge on any atom is -0.497 e. The average molecular weight is 334 g/mol. The second-order valence-corrected chi connectivity index (χ2v) is 5.03. The summed E-state index contributed by atoms with van der Waals surface area (Å²) in [5.74, 6) is -1.64. The van der Waals surface area contributed by atoms with Crippen LogP contribution in [0.25, 0.3) is 0 Å². The molecule has 1 aliphatic rings. The maximum Gasteiger partial charge on any atom is 0.327 e. The molecule has 0 aromatic heterocycles. The van der Waals surface area contributed by atoms with Gasteiger partial charge in [0.2, 0.25) is 0 Å². The number of hydrogen-bond acceptors (Lipinski definition) is 6. The van der Waals surface area contributed by atoms with Crippen LogP contribution in [-0.4, -0.2) is 43.7 Å². The molecule has 0 bridgehead atoms. The number of hydrogen-bond donors (Lipinski definition) is 3. The minimum absolute atomic E-state index is 0.0644. The maximum atomic E-state index is 11.4. The van der Waals surface area contributed by atoms with Crippen LogP contribution in [0.4, 0.5) is 0 Å². The number of carbonyl (C=O) groups is 3. The monoisotopic (exact) mass is 334 g/mol. The zero-order valence-corrected chi connectivity index (χ0v) is 13.1. The quantitative estimate of drug-likeness (QED) is 0.367. The summed E-state index contributed by atoms with van der Waals surface area (Å²) in [5, 5.41) is 6.12. The van der Waals surface area contributed by atoms with Gasteiger partial charge in [0.05, 0.1) is 13.3 Å². The van der Waals surface area contributed by atoms with Gasteiger partial charge >= 0.3 is 11.8 Å². The fourth-order valence-electron chi connectivity index (χ4n) is 1.58. The number of nitrogens with zero attached hydrogens (tertiary/aromatic N) is 1. The number of methoxy groups -OCH3 is 1. The lowest BCUT2D eigenvalue weighted by Crippen LogP contribution is -2.49. The van der Waals surface area contributed by atoms with Crippen LogP contribution >= 0.6 is 0 Å². The van der Waals surface area contributed by atoms with Crippen molar-refractivity contribution < 1.29 is 24.0 Å². The topological polar surface area (TPSA) is 118 Å². The van der Waals surface area contributed by atoms with E-state index >= 15 is 0 Å². The summed E-state index contributed by atoms with van der Waals surface area (Å²) < 4.78 is 5.02. The number of oxime groups is 1. The fourth-order valence-corrected chi connectivity index (χ4v) is 1.58. The molecule has 0 aliphatic heterocycles. The van der Waals surface area contributed by atoms with Crippen molar-refractivity contribution in [2.45, 2.75) is 18.9 Å². The van der Waals surface area contributed by atoms with Crippen LogP contribution in [0.3, 0.4) is 0 Å². The molecule has 1 aromatic carbocycles. The molecule has 9 heteroatoms. The predicted octanol–water partition coefficient (Wildman–Crippen LogP) is -0.528. The maximum absolute atomic E-state index is 11.4. The summed E-state index contributed by atoms with van der Waals surface area (Å²) in [5.41, 5.74) is 4.81. The molecule has 3 N–H and O–H groups in total. The molecule has 1 saturated carbocycles. The molecule has 1 aromatic rings. The number of benzene rings is 1. The van der Waals surface area contributed by atoms with Crippen LogP contribution in [0.5, 0.6) is 5.75 Å². The summed E-state index contributed by atoms with van der Waals surface area (Å²) >= 11 is 0. The lowest BCUT2D eigenvalue weighted by molar-refractivity contribution is -0.141. The van der Waals surface area contributed by atoms with Gasteiger partial charge in [-0.15, -0.1) is 0 Å². The Balaban J connectivity index is 1.62. The van der Waals surface area contributed by atoms with E-state index in [1.165, 1.54) is 6.21 Å². The van der Waals surface area contributed by atoms with E-state index in [1.54, 1.807) is 31.4 Å². The fraction of sp³-hybridized carbons (Fsp3) is 0.333. The Hall–Kier alpha value is -3.10. The Morgan fingerprint density at radius 3 is 2.50 bits per heavy atom. The van der Waals surface area contributed by atoms with Gasteiger partial charge in [0.25, 0.3) is 5.91 Å². The van der Waals surface area contributed by atoms with Crippen molar-refractivity contribution in [3.8, 4) is 5.75 Å². The highest BCUT2D eigenvalue weighted by molar-refractivity contribution is 6.35. The van der Waals surface area contributed by atoms with E-state index in [4.69, 9.17) is 9.57 Å². The van der Waals surface area contributed by atoms with Gasteiger partial charge in [0.15, 0.2) is 6.61 Å². The van der Waals surface area contributed by atoms with Crippen LogP contribution < -0.4 is 20.9 Å². The smallest absolute Gasteiger partial charge is 0.327 e. The molecule has 0 spiro atoms. The Labute approximate surface area is 138 Å². The minimum atomic E-state index is -0.933. The highest BCUT2D eigenvalue weighted by Gasteiger charge is 2.26. The van der Waals surface area contributed by atoms with Crippen molar-refractivity contribution in [3.05, 3.63) is 29.8 Å². The first-order valence-corrected chi connectivity index (χ1v) is 7.27. The summed E-state index contributed by atoms with van der Waals surface area (Å²) in [4.78, 5) is 38.9. The van der Waals surface area contributed by atoms with E-state index in [0.29, 0.717) is 5.75 Å². The van der Waals surface area contributed by atoms with E-state index in [2.05, 4.69) is 15.9 Å². The molecule has 9 nitrogen and oxygen atoms in total. The third kappa shape index (κ3) is 5.95. The van der Waals surface area contributed by atoms with Crippen LogP contribution in [0.1, 0.15) is 18.4 Å². The van der Waals surface area contributed by atoms with Crippen molar-refractivity contribution in [2.24, 2.45) is 5.16 Å². The molecule has 2 rings (SSSR count).